The maximum Gasteiger partial charge on any atom is 0.258 e. The van der Waals surface area contributed by atoms with E-state index in [2.05, 4.69) is 15.6 Å². The van der Waals surface area contributed by atoms with Gasteiger partial charge in [-0.05, 0) is 30.5 Å². The standard InChI is InChI=1S/C17H15Cl2N3O3/c18-12-2-1-3-13(19)15(12)17(25)21-10-4-5-20-14(7-10)22-16(24)11-6-9(11)8-23/h1-5,7,9,11,23H,6,8H2,(H2,20,21,22,24,25)/t9-,11+/m1/s1. The number of nitrogens with zero attached hydrogens (tertiary/aromatic N) is 1. The Labute approximate surface area is 154 Å². The molecule has 8 heteroatoms. The van der Waals surface area contributed by atoms with Crippen molar-refractivity contribution in [3.05, 3.63) is 52.1 Å². The highest BCUT2D eigenvalue weighted by atomic mass is 35.5. The molecule has 2 atom stereocenters. The van der Waals surface area contributed by atoms with Gasteiger partial charge in [0.2, 0.25) is 5.91 Å². The molecule has 1 aliphatic rings. The molecule has 0 unspecified atom stereocenters. The number of pyridine rings is 1. The number of carbonyl (C=O) groups excluding carboxylic acids is 2. The summed E-state index contributed by atoms with van der Waals surface area (Å²) in [4.78, 5) is 28.4. The molecule has 1 aromatic carbocycles. The number of amides is 2. The van der Waals surface area contributed by atoms with Crippen LogP contribution in [0.2, 0.25) is 10.0 Å². The number of rotatable bonds is 5. The number of aromatic nitrogens is 1. The van der Waals surface area contributed by atoms with Crippen LogP contribution in [0.15, 0.2) is 36.5 Å². The Morgan fingerprint density at radius 3 is 2.56 bits per heavy atom. The average Bonchev–Trinajstić information content (AvgIpc) is 3.35. The number of anilines is 2. The lowest BCUT2D eigenvalue weighted by Gasteiger charge is -2.10. The van der Waals surface area contributed by atoms with Crippen LogP contribution in [-0.4, -0.2) is 28.5 Å². The normalized spacial score (nSPS) is 18.5. The van der Waals surface area contributed by atoms with Crippen molar-refractivity contribution >= 4 is 46.5 Å². The highest BCUT2D eigenvalue weighted by molar-refractivity contribution is 6.40. The smallest absolute Gasteiger partial charge is 0.258 e. The van der Waals surface area contributed by atoms with Crippen molar-refractivity contribution in [3.8, 4) is 0 Å². The van der Waals surface area contributed by atoms with Crippen LogP contribution in [0, 0.1) is 11.8 Å². The minimum atomic E-state index is -0.457. The third-order valence-corrected chi connectivity index (χ3v) is 4.58. The van der Waals surface area contributed by atoms with Crippen LogP contribution in [0.1, 0.15) is 16.8 Å². The number of halogens is 2. The largest absolute Gasteiger partial charge is 0.396 e. The van der Waals surface area contributed by atoms with Crippen LogP contribution < -0.4 is 10.6 Å². The van der Waals surface area contributed by atoms with Gasteiger partial charge in [-0.2, -0.15) is 0 Å². The van der Waals surface area contributed by atoms with Crippen LogP contribution >= 0.6 is 23.2 Å². The Hall–Kier alpha value is -2.15. The average molecular weight is 380 g/mol. The summed E-state index contributed by atoms with van der Waals surface area (Å²) in [5.41, 5.74) is 0.623. The second-order valence-corrected chi connectivity index (χ2v) is 6.57. The van der Waals surface area contributed by atoms with Gasteiger partial charge >= 0.3 is 0 Å². The van der Waals surface area contributed by atoms with Crippen LogP contribution in [0.25, 0.3) is 0 Å². The number of aliphatic hydroxyl groups excluding tert-OH is 1. The van der Waals surface area contributed by atoms with Gasteiger partial charge in [-0.3, -0.25) is 9.59 Å². The zero-order valence-corrected chi connectivity index (χ0v) is 14.5. The number of carbonyl (C=O) groups is 2. The molecular formula is C17H15Cl2N3O3. The Balaban J connectivity index is 1.69. The van der Waals surface area contributed by atoms with Crippen molar-refractivity contribution in [3.63, 3.8) is 0 Å². The molecule has 6 nitrogen and oxygen atoms in total. The summed E-state index contributed by atoms with van der Waals surface area (Å²) in [5.74, 6) is -0.500. The molecular weight excluding hydrogens is 365 g/mol. The minimum absolute atomic E-state index is 0.000205. The van der Waals surface area contributed by atoms with Crippen LogP contribution in [0.5, 0.6) is 0 Å². The van der Waals surface area contributed by atoms with Crippen LogP contribution in [0.4, 0.5) is 11.5 Å². The lowest BCUT2D eigenvalue weighted by molar-refractivity contribution is -0.117. The fourth-order valence-electron chi connectivity index (χ4n) is 2.47. The van der Waals surface area contributed by atoms with E-state index in [9.17, 15) is 9.59 Å². The van der Waals surface area contributed by atoms with Gasteiger partial charge in [-0.1, -0.05) is 29.3 Å². The van der Waals surface area contributed by atoms with Crippen LogP contribution in [-0.2, 0) is 4.79 Å². The summed E-state index contributed by atoms with van der Waals surface area (Å²) in [6.45, 7) is 0.000205. The predicted octanol–water partition coefficient (Wildman–Crippen LogP) is 3.21. The maximum absolute atomic E-state index is 12.4. The third kappa shape index (κ3) is 4.10. The Bertz CT molecular complexity index is 808. The van der Waals surface area contributed by atoms with E-state index in [0.717, 1.165) is 0 Å². The molecule has 1 aliphatic carbocycles. The topological polar surface area (TPSA) is 91.3 Å². The first-order chi connectivity index (χ1) is 12.0. The molecule has 1 fully saturated rings. The molecule has 0 radical (unpaired) electrons. The first kappa shape index (κ1) is 17.7. The van der Waals surface area contributed by atoms with Crippen molar-refractivity contribution in [1.29, 1.82) is 0 Å². The molecule has 2 aromatic rings. The maximum atomic E-state index is 12.4. The summed E-state index contributed by atoms with van der Waals surface area (Å²) < 4.78 is 0. The van der Waals surface area contributed by atoms with Gasteiger partial charge in [0.1, 0.15) is 5.82 Å². The summed E-state index contributed by atoms with van der Waals surface area (Å²) in [7, 11) is 0. The molecule has 0 saturated heterocycles. The highest BCUT2D eigenvalue weighted by Crippen LogP contribution is 2.38. The molecule has 0 bridgehead atoms. The Kier molecular flexibility index (Phi) is 5.22. The van der Waals surface area contributed by atoms with Crippen molar-refractivity contribution in [2.45, 2.75) is 6.42 Å². The van der Waals surface area contributed by atoms with Gasteiger partial charge in [0.15, 0.2) is 0 Å². The van der Waals surface area contributed by atoms with E-state index in [-0.39, 0.29) is 40.0 Å². The molecule has 3 rings (SSSR count). The fourth-order valence-corrected chi connectivity index (χ4v) is 3.04. The number of hydrogen-bond acceptors (Lipinski definition) is 4. The van der Waals surface area contributed by atoms with Gasteiger partial charge in [-0.25, -0.2) is 4.98 Å². The van der Waals surface area contributed by atoms with Crippen molar-refractivity contribution < 1.29 is 14.7 Å². The number of nitrogens with one attached hydrogen (secondary N) is 2. The Morgan fingerprint density at radius 1 is 1.20 bits per heavy atom. The number of aliphatic hydroxyl groups is 1. The highest BCUT2D eigenvalue weighted by Gasteiger charge is 2.42. The molecule has 2 amide bonds. The molecule has 130 valence electrons. The zero-order chi connectivity index (χ0) is 18.0. The Morgan fingerprint density at radius 2 is 1.92 bits per heavy atom. The van der Waals surface area contributed by atoms with E-state index in [1.807, 2.05) is 0 Å². The van der Waals surface area contributed by atoms with Gasteiger partial charge in [0.05, 0.1) is 15.6 Å². The van der Waals surface area contributed by atoms with Gasteiger partial charge in [0, 0.05) is 30.5 Å². The molecule has 25 heavy (non-hydrogen) atoms. The predicted molar refractivity (Wildman–Crippen MR) is 96.0 cm³/mol. The molecule has 0 aliphatic heterocycles. The van der Waals surface area contributed by atoms with Crippen molar-refractivity contribution in [2.24, 2.45) is 11.8 Å². The summed E-state index contributed by atoms with van der Waals surface area (Å²) in [6.07, 6.45) is 2.14. The summed E-state index contributed by atoms with van der Waals surface area (Å²) >= 11 is 12.0. The summed E-state index contributed by atoms with van der Waals surface area (Å²) in [5, 5.41) is 14.9. The first-order valence-corrected chi connectivity index (χ1v) is 8.38. The number of hydrogen-bond donors (Lipinski definition) is 3. The van der Waals surface area contributed by atoms with E-state index in [1.165, 1.54) is 12.3 Å². The van der Waals surface area contributed by atoms with Gasteiger partial charge < -0.3 is 15.7 Å². The second kappa shape index (κ2) is 7.39. The minimum Gasteiger partial charge on any atom is -0.396 e. The SMILES string of the molecule is O=C(Nc1ccnc(NC(=O)[C@H]2C[C@@H]2CO)c1)c1c(Cl)cccc1Cl. The molecule has 3 N–H and O–H groups in total. The van der Waals surface area contributed by atoms with Gasteiger partial charge in [-0.15, -0.1) is 0 Å². The molecule has 1 aromatic heterocycles. The lowest BCUT2D eigenvalue weighted by atomic mass is 10.2. The van der Waals surface area contributed by atoms with Gasteiger partial charge in [0.25, 0.3) is 5.91 Å². The zero-order valence-electron chi connectivity index (χ0n) is 13.0. The van der Waals surface area contributed by atoms with E-state index in [4.69, 9.17) is 28.3 Å². The molecule has 1 saturated carbocycles. The van der Waals surface area contributed by atoms with E-state index in [1.54, 1.807) is 24.3 Å². The van der Waals surface area contributed by atoms with E-state index < -0.39 is 5.91 Å². The van der Waals surface area contributed by atoms with Crippen LogP contribution in [0.3, 0.4) is 0 Å². The number of benzene rings is 1. The van der Waals surface area contributed by atoms with Crippen molar-refractivity contribution in [2.75, 3.05) is 17.2 Å². The van der Waals surface area contributed by atoms with Crippen molar-refractivity contribution in [1.82, 2.24) is 4.98 Å². The molecule has 1 heterocycles. The lowest BCUT2D eigenvalue weighted by Crippen LogP contribution is -2.17. The summed E-state index contributed by atoms with van der Waals surface area (Å²) in [6, 6.07) is 7.93. The molecule has 0 spiro atoms. The third-order valence-electron chi connectivity index (χ3n) is 3.95. The monoisotopic (exact) mass is 379 g/mol. The van der Waals surface area contributed by atoms with E-state index in [0.29, 0.717) is 17.9 Å². The fraction of sp³-hybridized carbons (Fsp3) is 0.235. The second-order valence-electron chi connectivity index (χ2n) is 5.75. The quantitative estimate of drug-likeness (QED) is 0.743. The first-order valence-electron chi connectivity index (χ1n) is 7.62. The van der Waals surface area contributed by atoms with E-state index >= 15 is 0 Å².